The van der Waals surface area contributed by atoms with Crippen LogP contribution in [0.3, 0.4) is 0 Å². The van der Waals surface area contributed by atoms with Crippen LogP contribution in [-0.4, -0.2) is 40.3 Å². The van der Waals surface area contributed by atoms with Gasteiger partial charge in [0.2, 0.25) is 0 Å². The Bertz CT molecular complexity index is 969. The highest BCUT2D eigenvalue weighted by Gasteiger charge is 2.53. The average Bonchev–Trinajstić information content (AvgIpc) is 2.90. The molecule has 2 aromatic carbocycles. The number of urea groups is 2. The molecule has 1 fully saturated rings. The minimum Gasteiger partial charge on any atom is -0.753 e. The number of unbranched alkanes of at least 4 members (excludes halogenated alkanes) is 1. The van der Waals surface area contributed by atoms with Crippen LogP contribution in [0.25, 0.3) is 0 Å². The Labute approximate surface area is 192 Å². The van der Waals surface area contributed by atoms with E-state index in [1.165, 1.54) is 4.90 Å². The first kappa shape index (κ1) is 23.2. The Balaban J connectivity index is 1.97. The van der Waals surface area contributed by atoms with Gasteiger partial charge in [-0.1, -0.05) is 48.7 Å². The summed E-state index contributed by atoms with van der Waals surface area (Å²) >= 11 is 12.1. The molecule has 7 nitrogen and oxygen atoms in total. The van der Waals surface area contributed by atoms with Gasteiger partial charge in [0, 0.05) is 28.0 Å². The van der Waals surface area contributed by atoms with Crippen LogP contribution < -0.4 is 10.2 Å². The molecule has 1 aliphatic rings. The number of rotatable bonds is 6. The van der Waals surface area contributed by atoms with Gasteiger partial charge < -0.3 is 20.5 Å². The number of carbonyl (C=O) groups excluding carboxylic acids is 2. The predicted octanol–water partition coefficient (Wildman–Crippen LogP) is 6.17. The lowest BCUT2D eigenvalue weighted by Gasteiger charge is -2.45. The fourth-order valence-electron chi connectivity index (χ4n) is 3.76. The third kappa shape index (κ3) is 4.74. The molecule has 0 aromatic heterocycles. The summed E-state index contributed by atoms with van der Waals surface area (Å²) in [5.74, 6) is 0. The van der Waals surface area contributed by atoms with E-state index in [9.17, 15) is 14.8 Å². The van der Waals surface area contributed by atoms with Gasteiger partial charge in [0.05, 0.1) is 5.54 Å². The molecule has 9 heteroatoms. The summed E-state index contributed by atoms with van der Waals surface area (Å²) in [7, 11) is 0. The number of amides is 4. The molecule has 0 radical (unpaired) electrons. The molecule has 1 atom stereocenters. The van der Waals surface area contributed by atoms with Crippen LogP contribution in [0.1, 0.15) is 33.6 Å². The van der Waals surface area contributed by atoms with Crippen LogP contribution in [0, 0.1) is 5.21 Å². The molecule has 1 aliphatic heterocycles. The molecule has 1 heterocycles. The van der Waals surface area contributed by atoms with E-state index in [0.29, 0.717) is 33.0 Å². The first-order valence-corrected chi connectivity index (χ1v) is 10.8. The highest BCUT2D eigenvalue weighted by molar-refractivity contribution is 6.31. The number of halogens is 2. The van der Waals surface area contributed by atoms with Crippen LogP contribution >= 0.6 is 23.2 Å². The smallest absolute Gasteiger partial charge is 0.326 e. The van der Waals surface area contributed by atoms with E-state index >= 15 is 0 Å². The van der Waals surface area contributed by atoms with Crippen molar-refractivity contribution in [2.75, 3.05) is 16.8 Å². The normalized spacial score (nSPS) is 17.7. The van der Waals surface area contributed by atoms with E-state index in [-0.39, 0.29) is 6.03 Å². The lowest BCUT2D eigenvalue weighted by atomic mass is 9.99. The number of anilines is 2. The summed E-state index contributed by atoms with van der Waals surface area (Å²) in [5.41, 5.74) is -0.106. The van der Waals surface area contributed by atoms with Gasteiger partial charge in [0.1, 0.15) is 6.17 Å². The molecule has 1 saturated heterocycles. The fraction of sp³-hybridized carbons (Fsp3) is 0.364. The van der Waals surface area contributed by atoms with Gasteiger partial charge >= 0.3 is 12.1 Å². The van der Waals surface area contributed by atoms with Crippen molar-refractivity contribution in [2.45, 2.75) is 45.3 Å². The SMILES string of the molecule is CCCCN1C(=O)N(c2cccc(Cl)c2)[C@@H](N([O-])C(=O)Nc2cccc(Cl)c2)C1(C)C. The van der Waals surface area contributed by atoms with Gasteiger partial charge in [-0.2, -0.15) is 0 Å². The van der Waals surface area contributed by atoms with Crippen molar-refractivity contribution < 1.29 is 9.59 Å². The van der Waals surface area contributed by atoms with Crippen LogP contribution in [0.4, 0.5) is 21.0 Å². The Morgan fingerprint density at radius 2 is 1.81 bits per heavy atom. The number of hydrogen-bond acceptors (Lipinski definition) is 3. The molecular weight excluding hydrogens is 439 g/mol. The van der Waals surface area contributed by atoms with Gasteiger partial charge in [-0.05, 0) is 56.7 Å². The molecular formula is C22H25Cl2N4O3-. The molecule has 0 bridgehead atoms. The second kappa shape index (κ2) is 9.34. The predicted molar refractivity (Wildman–Crippen MR) is 124 cm³/mol. The topological polar surface area (TPSA) is 79.0 Å². The van der Waals surface area contributed by atoms with Crippen LogP contribution in [-0.2, 0) is 0 Å². The highest BCUT2D eigenvalue weighted by atomic mass is 35.5. The molecule has 0 spiro atoms. The summed E-state index contributed by atoms with van der Waals surface area (Å²) in [4.78, 5) is 29.2. The van der Waals surface area contributed by atoms with Crippen molar-refractivity contribution in [1.82, 2.24) is 9.96 Å². The number of carbonyl (C=O) groups is 2. The number of benzene rings is 2. The third-order valence-corrected chi connectivity index (χ3v) is 5.80. The molecule has 31 heavy (non-hydrogen) atoms. The minimum atomic E-state index is -1.10. The van der Waals surface area contributed by atoms with Crippen molar-refractivity contribution >= 4 is 46.6 Å². The second-order valence-corrected chi connectivity index (χ2v) is 8.80. The lowest BCUT2D eigenvalue weighted by Crippen LogP contribution is -2.57. The molecule has 2 aromatic rings. The van der Waals surface area contributed by atoms with Crippen molar-refractivity contribution in [3.05, 3.63) is 63.8 Å². The zero-order valence-electron chi connectivity index (χ0n) is 17.6. The van der Waals surface area contributed by atoms with E-state index in [0.717, 1.165) is 12.8 Å². The first-order chi connectivity index (χ1) is 14.7. The lowest BCUT2D eigenvalue weighted by molar-refractivity contribution is 0.125. The molecule has 1 N–H and O–H groups in total. The van der Waals surface area contributed by atoms with E-state index < -0.39 is 17.7 Å². The summed E-state index contributed by atoms with van der Waals surface area (Å²) < 4.78 is 0. The standard InChI is InChI=1S/C22H25Cl2N4O3/c1-4-5-12-26-21(30)27(18-11-7-9-16(24)14-18)19(22(26,2)3)28(31)20(29)25-17-10-6-8-15(23)13-17/h6-11,13-14,19H,4-5,12H2,1-3H3,(H,25,29)/q-1/t19-/m0/s1. The summed E-state index contributed by atoms with van der Waals surface area (Å²) in [6.07, 6.45) is 0.561. The number of hydroxylamine groups is 2. The van der Waals surface area contributed by atoms with E-state index in [2.05, 4.69) is 5.32 Å². The van der Waals surface area contributed by atoms with Gasteiger partial charge in [0.15, 0.2) is 0 Å². The van der Waals surface area contributed by atoms with Crippen LogP contribution in [0.5, 0.6) is 0 Å². The molecule has 0 aliphatic carbocycles. The van der Waals surface area contributed by atoms with Crippen molar-refractivity contribution in [1.29, 1.82) is 0 Å². The minimum absolute atomic E-state index is 0.311. The van der Waals surface area contributed by atoms with Crippen LogP contribution in [0.15, 0.2) is 48.5 Å². The zero-order chi connectivity index (χ0) is 22.8. The Hall–Kier alpha value is -2.48. The molecule has 166 valence electrons. The van der Waals surface area contributed by atoms with Crippen molar-refractivity contribution in [2.24, 2.45) is 0 Å². The highest BCUT2D eigenvalue weighted by Crippen LogP contribution is 2.39. The molecule has 0 saturated carbocycles. The summed E-state index contributed by atoms with van der Waals surface area (Å²) in [6.45, 7) is 6.07. The monoisotopic (exact) mass is 463 g/mol. The van der Waals surface area contributed by atoms with E-state index in [1.54, 1.807) is 67.3 Å². The van der Waals surface area contributed by atoms with Crippen molar-refractivity contribution in [3.8, 4) is 0 Å². The van der Waals surface area contributed by atoms with Crippen molar-refractivity contribution in [3.63, 3.8) is 0 Å². The maximum Gasteiger partial charge on any atom is 0.326 e. The van der Waals surface area contributed by atoms with Gasteiger partial charge in [-0.25, -0.2) is 9.59 Å². The maximum absolute atomic E-state index is 13.4. The third-order valence-electron chi connectivity index (χ3n) is 5.33. The molecule has 0 unspecified atom stereocenters. The van der Waals surface area contributed by atoms with Crippen LogP contribution in [0.2, 0.25) is 10.0 Å². The Morgan fingerprint density at radius 3 is 2.42 bits per heavy atom. The number of hydrogen-bond donors (Lipinski definition) is 1. The Kier molecular flexibility index (Phi) is 6.99. The maximum atomic E-state index is 13.4. The average molecular weight is 464 g/mol. The number of nitrogens with zero attached hydrogens (tertiary/aromatic N) is 3. The van der Waals surface area contributed by atoms with E-state index in [1.807, 2.05) is 6.92 Å². The molecule has 3 rings (SSSR count). The summed E-state index contributed by atoms with van der Waals surface area (Å²) in [5, 5.41) is 17.0. The van der Waals surface area contributed by atoms with E-state index in [4.69, 9.17) is 23.2 Å². The first-order valence-electron chi connectivity index (χ1n) is 10.1. The number of nitrogens with one attached hydrogen (secondary N) is 1. The Morgan fingerprint density at radius 1 is 1.16 bits per heavy atom. The largest absolute Gasteiger partial charge is 0.753 e. The fourth-order valence-corrected chi connectivity index (χ4v) is 4.14. The quantitative estimate of drug-likeness (QED) is 0.519. The van der Waals surface area contributed by atoms with Gasteiger partial charge in [0.25, 0.3) is 0 Å². The zero-order valence-corrected chi connectivity index (χ0v) is 19.2. The second-order valence-electron chi connectivity index (χ2n) is 7.93. The van der Waals surface area contributed by atoms with Gasteiger partial charge in [-0.15, -0.1) is 0 Å². The van der Waals surface area contributed by atoms with Gasteiger partial charge in [-0.3, -0.25) is 4.90 Å². The molecule has 4 amide bonds. The summed E-state index contributed by atoms with van der Waals surface area (Å²) in [6, 6.07) is 11.9.